The van der Waals surface area contributed by atoms with Crippen molar-refractivity contribution in [1.29, 1.82) is 0 Å². The predicted octanol–water partition coefficient (Wildman–Crippen LogP) is 4.83. The predicted molar refractivity (Wildman–Crippen MR) is 115 cm³/mol. The number of hydrogen-bond acceptors (Lipinski definition) is 5. The van der Waals surface area contributed by atoms with Crippen molar-refractivity contribution in [3.63, 3.8) is 0 Å². The summed E-state index contributed by atoms with van der Waals surface area (Å²) in [5.41, 5.74) is 3.23. The molecule has 0 bridgehead atoms. The van der Waals surface area contributed by atoms with Crippen LogP contribution in [0.3, 0.4) is 0 Å². The highest BCUT2D eigenvalue weighted by Gasteiger charge is 2.18. The van der Waals surface area contributed by atoms with Gasteiger partial charge in [0.1, 0.15) is 11.6 Å². The molecule has 0 fully saturated rings. The van der Waals surface area contributed by atoms with Gasteiger partial charge in [0.15, 0.2) is 5.69 Å². The number of methoxy groups -OCH3 is 1. The fraction of sp³-hybridized carbons (Fsp3) is 0.0870. The fourth-order valence-corrected chi connectivity index (χ4v) is 3.17. The zero-order valence-corrected chi connectivity index (χ0v) is 16.8. The van der Waals surface area contributed by atoms with Gasteiger partial charge in [-0.25, -0.2) is 18.9 Å². The van der Waals surface area contributed by atoms with E-state index in [4.69, 9.17) is 4.74 Å². The zero-order valence-electron chi connectivity index (χ0n) is 16.8. The van der Waals surface area contributed by atoms with Gasteiger partial charge in [0.25, 0.3) is 0 Å². The number of ether oxygens (including phenoxy) is 1. The number of carboxylic acids is 1. The van der Waals surface area contributed by atoms with Crippen LogP contribution in [0.1, 0.15) is 16.1 Å². The average molecular weight is 418 g/mol. The third-order valence-corrected chi connectivity index (χ3v) is 4.74. The summed E-state index contributed by atoms with van der Waals surface area (Å²) < 4.78 is 20.1. The minimum atomic E-state index is -1.19. The van der Waals surface area contributed by atoms with Crippen LogP contribution in [0.5, 0.6) is 5.88 Å². The number of carboxylic acid groups (broad SMARTS) is 1. The number of halogens is 1. The molecule has 0 amide bonds. The number of carbonyl (C=O) groups is 1. The number of para-hydroxylation sites is 1. The molecule has 2 heterocycles. The Morgan fingerprint density at radius 3 is 2.52 bits per heavy atom. The van der Waals surface area contributed by atoms with Gasteiger partial charge in [0.05, 0.1) is 24.2 Å². The minimum Gasteiger partial charge on any atom is -0.481 e. The first-order chi connectivity index (χ1) is 15.0. The van der Waals surface area contributed by atoms with Crippen molar-refractivity contribution >= 4 is 17.5 Å². The van der Waals surface area contributed by atoms with Crippen LogP contribution in [0.2, 0.25) is 0 Å². The standard InChI is InChI=1S/C23H19FN4O3/c1-14-5-3-4-6-19(14)28-20(13-18(27-28)15-7-9-16(24)10-8-15)25-17-11-12-21(31-2)26-22(17)23(29)30/h3-13,25H,1-2H3,(H,29,30). The molecule has 0 aliphatic rings. The Hall–Kier alpha value is -4.20. The van der Waals surface area contributed by atoms with Crippen molar-refractivity contribution in [2.24, 2.45) is 0 Å². The van der Waals surface area contributed by atoms with Gasteiger partial charge < -0.3 is 15.2 Å². The summed E-state index contributed by atoms with van der Waals surface area (Å²) in [6, 6.07) is 18.6. The maximum absolute atomic E-state index is 13.4. The number of rotatable bonds is 6. The summed E-state index contributed by atoms with van der Waals surface area (Å²) in [5.74, 6) is -0.802. The summed E-state index contributed by atoms with van der Waals surface area (Å²) in [6.45, 7) is 1.95. The largest absolute Gasteiger partial charge is 0.481 e. The monoisotopic (exact) mass is 418 g/mol. The number of anilines is 2. The molecule has 4 rings (SSSR count). The number of aryl methyl sites for hydroxylation is 1. The molecule has 8 heteroatoms. The zero-order chi connectivity index (χ0) is 22.0. The molecule has 156 valence electrons. The lowest BCUT2D eigenvalue weighted by Gasteiger charge is -2.13. The van der Waals surface area contributed by atoms with Crippen molar-refractivity contribution in [3.8, 4) is 22.8 Å². The number of aromatic carboxylic acids is 1. The van der Waals surface area contributed by atoms with Gasteiger partial charge in [-0.05, 0) is 48.9 Å². The van der Waals surface area contributed by atoms with Gasteiger partial charge in [-0.3, -0.25) is 0 Å². The molecule has 0 unspecified atom stereocenters. The second-order valence-corrected chi connectivity index (χ2v) is 6.80. The lowest BCUT2D eigenvalue weighted by Crippen LogP contribution is -2.09. The molecule has 2 N–H and O–H groups in total. The van der Waals surface area contributed by atoms with E-state index in [0.29, 0.717) is 11.5 Å². The highest BCUT2D eigenvalue weighted by molar-refractivity contribution is 5.93. The van der Waals surface area contributed by atoms with E-state index in [-0.39, 0.29) is 23.1 Å². The summed E-state index contributed by atoms with van der Waals surface area (Å²) in [6.07, 6.45) is 0. The van der Waals surface area contributed by atoms with Crippen molar-refractivity contribution in [1.82, 2.24) is 14.8 Å². The van der Waals surface area contributed by atoms with Gasteiger partial charge in [0.2, 0.25) is 5.88 Å². The SMILES string of the molecule is COc1ccc(Nc2cc(-c3ccc(F)cc3)nn2-c2ccccc2C)c(C(=O)O)n1. The van der Waals surface area contributed by atoms with E-state index >= 15 is 0 Å². The number of pyridine rings is 1. The molecule has 0 saturated carbocycles. The highest BCUT2D eigenvalue weighted by Crippen LogP contribution is 2.30. The summed E-state index contributed by atoms with van der Waals surface area (Å²) in [7, 11) is 1.42. The molecule has 2 aromatic carbocycles. The molecule has 0 saturated heterocycles. The maximum atomic E-state index is 13.4. The summed E-state index contributed by atoms with van der Waals surface area (Å²) in [5, 5.41) is 17.4. The molecule has 4 aromatic rings. The number of nitrogens with one attached hydrogen (secondary N) is 1. The van der Waals surface area contributed by atoms with Crippen LogP contribution in [0.25, 0.3) is 16.9 Å². The van der Waals surface area contributed by atoms with Crippen LogP contribution in [0, 0.1) is 12.7 Å². The van der Waals surface area contributed by atoms with Crippen molar-refractivity contribution in [2.75, 3.05) is 12.4 Å². The number of benzene rings is 2. The van der Waals surface area contributed by atoms with Gasteiger partial charge in [0, 0.05) is 17.7 Å². The van der Waals surface area contributed by atoms with Crippen molar-refractivity contribution < 1.29 is 19.0 Å². The molecule has 31 heavy (non-hydrogen) atoms. The molecule has 7 nitrogen and oxygen atoms in total. The normalized spacial score (nSPS) is 10.7. The van der Waals surface area contributed by atoms with Crippen LogP contribution in [-0.2, 0) is 0 Å². The second-order valence-electron chi connectivity index (χ2n) is 6.80. The van der Waals surface area contributed by atoms with Crippen LogP contribution in [0.4, 0.5) is 15.9 Å². The number of hydrogen-bond donors (Lipinski definition) is 2. The Balaban J connectivity index is 1.84. The van der Waals surface area contributed by atoms with E-state index < -0.39 is 5.97 Å². The van der Waals surface area contributed by atoms with Crippen molar-refractivity contribution in [3.05, 3.63) is 83.8 Å². The number of nitrogens with zero attached hydrogens (tertiary/aromatic N) is 3. The van der Waals surface area contributed by atoms with Gasteiger partial charge in [-0.2, -0.15) is 5.10 Å². The van der Waals surface area contributed by atoms with E-state index in [1.54, 1.807) is 35.0 Å². The molecule has 0 radical (unpaired) electrons. The second kappa shape index (κ2) is 8.27. The van der Waals surface area contributed by atoms with Crippen LogP contribution in [-0.4, -0.2) is 33.0 Å². The summed E-state index contributed by atoms with van der Waals surface area (Å²) >= 11 is 0. The quantitative estimate of drug-likeness (QED) is 0.466. The van der Waals surface area contributed by atoms with Crippen LogP contribution in [0.15, 0.2) is 66.7 Å². The van der Waals surface area contributed by atoms with E-state index in [1.165, 1.54) is 19.2 Å². The lowest BCUT2D eigenvalue weighted by atomic mass is 10.1. The summed E-state index contributed by atoms with van der Waals surface area (Å²) in [4.78, 5) is 15.8. The molecular formula is C23H19FN4O3. The molecule has 2 aromatic heterocycles. The van der Waals surface area contributed by atoms with Crippen LogP contribution >= 0.6 is 0 Å². The lowest BCUT2D eigenvalue weighted by molar-refractivity contribution is 0.0690. The molecular weight excluding hydrogens is 399 g/mol. The van der Waals surface area contributed by atoms with E-state index in [9.17, 15) is 14.3 Å². The first-order valence-corrected chi connectivity index (χ1v) is 9.43. The highest BCUT2D eigenvalue weighted by atomic mass is 19.1. The van der Waals surface area contributed by atoms with E-state index in [1.807, 2.05) is 31.2 Å². The number of aromatic nitrogens is 3. The maximum Gasteiger partial charge on any atom is 0.356 e. The Bertz CT molecular complexity index is 1250. The van der Waals surface area contributed by atoms with E-state index in [0.717, 1.165) is 16.8 Å². The van der Waals surface area contributed by atoms with E-state index in [2.05, 4.69) is 15.4 Å². The third-order valence-electron chi connectivity index (χ3n) is 4.74. The average Bonchev–Trinajstić information content (AvgIpc) is 3.18. The molecule has 0 spiro atoms. The first-order valence-electron chi connectivity index (χ1n) is 9.43. The Kier molecular flexibility index (Phi) is 5.36. The Morgan fingerprint density at radius 2 is 1.84 bits per heavy atom. The molecule has 0 aliphatic heterocycles. The smallest absolute Gasteiger partial charge is 0.356 e. The topological polar surface area (TPSA) is 89.3 Å². The Labute approximate surface area is 177 Å². The molecule has 0 atom stereocenters. The van der Waals surface area contributed by atoms with Gasteiger partial charge in [-0.1, -0.05) is 18.2 Å². The van der Waals surface area contributed by atoms with Gasteiger partial charge in [-0.15, -0.1) is 0 Å². The molecule has 0 aliphatic carbocycles. The van der Waals surface area contributed by atoms with Crippen molar-refractivity contribution in [2.45, 2.75) is 6.92 Å². The fourth-order valence-electron chi connectivity index (χ4n) is 3.17. The van der Waals surface area contributed by atoms with Crippen LogP contribution < -0.4 is 10.1 Å². The Morgan fingerprint density at radius 1 is 1.10 bits per heavy atom. The first kappa shape index (κ1) is 20.1. The minimum absolute atomic E-state index is 0.180. The van der Waals surface area contributed by atoms with Gasteiger partial charge >= 0.3 is 5.97 Å². The third kappa shape index (κ3) is 4.09.